The molecule has 2 N–H and O–H groups in total. The summed E-state index contributed by atoms with van der Waals surface area (Å²) in [7, 11) is -3.14. The average molecular weight is 361 g/mol. The van der Waals surface area contributed by atoms with E-state index in [2.05, 4.69) is 26.0 Å². The van der Waals surface area contributed by atoms with Crippen molar-refractivity contribution in [1.82, 2.24) is 15.6 Å². The predicted octanol–water partition coefficient (Wildman–Crippen LogP) is 1.76. The van der Waals surface area contributed by atoms with Gasteiger partial charge < -0.3 is 10.6 Å². The third kappa shape index (κ3) is 6.87. The first-order valence-corrected chi connectivity index (χ1v) is 10.3. The molecule has 0 aromatic carbocycles. The Morgan fingerprint density at radius 2 is 2.04 bits per heavy atom. The third-order valence-electron chi connectivity index (χ3n) is 3.25. The van der Waals surface area contributed by atoms with E-state index in [0.717, 1.165) is 23.7 Å². The summed E-state index contributed by atoms with van der Waals surface area (Å²) in [5.74, 6) is 0.696. The van der Waals surface area contributed by atoms with Gasteiger partial charge in [-0.2, -0.15) is 0 Å². The molecule has 1 aromatic rings. The van der Waals surface area contributed by atoms with Crippen LogP contribution in [0, 0.1) is 6.92 Å². The van der Waals surface area contributed by atoms with Gasteiger partial charge in [0.25, 0.3) is 0 Å². The molecule has 0 aliphatic heterocycles. The van der Waals surface area contributed by atoms with Gasteiger partial charge in [0, 0.05) is 24.9 Å². The van der Waals surface area contributed by atoms with Crippen molar-refractivity contribution in [2.45, 2.75) is 45.8 Å². The average Bonchev–Trinajstić information content (AvgIpc) is 2.83. The molecule has 1 aromatic heterocycles. The van der Waals surface area contributed by atoms with Gasteiger partial charge in [-0.3, -0.25) is 4.99 Å². The molecule has 0 atom stereocenters. The van der Waals surface area contributed by atoms with Crippen LogP contribution in [0.2, 0.25) is 0 Å². The highest BCUT2D eigenvalue weighted by Crippen LogP contribution is 2.15. The molecule has 8 heteroatoms. The fourth-order valence-corrected chi connectivity index (χ4v) is 3.35. The van der Waals surface area contributed by atoms with Gasteiger partial charge >= 0.3 is 0 Å². The van der Waals surface area contributed by atoms with Gasteiger partial charge in [-0.05, 0) is 34.6 Å². The van der Waals surface area contributed by atoms with Crippen molar-refractivity contribution in [3.05, 3.63) is 16.1 Å². The SMILES string of the molecule is CCNC(=NCCS(=O)(=O)C(C)(C)C)NCCc1csc(C)n1. The van der Waals surface area contributed by atoms with Gasteiger partial charge in [-0.25, -0.2) is 13.4 Å². The third-order valence-corrected chi connectivity index (χ3v) is 6.66. The first-order chi connectivity index (χ1) is 10.7. The summed E-state index contributed by atoms with van der Waals surface area (Å²) in [5, 5.41) is 9.45. The van der Waals surface area contributed by atoms with Gasteiger partial charge in [0.1, 0.15) is 0 Å². The predicted molar refractivity (Wildman–Crippen MR) is 98.1 cm³/mol. The van der Waals surface area contributed by atoms with Gasteiger partial charge in [0.05, 0.1) is 27.7 Å². The normalized spacial score (nSPS) is 13.2. The lowest BCUT2D eigenvalue weighted by Gasteiger charge is -2.18. The van der Waals surface area contributed by atoms with Crippen molar-refractivity contribution < 1.29 is 8.42 Å². The lowest BCUT2D eigenvalue weighted by molar-refractivity contribution is 0.560. The van der Waals surface area contributed by atoms with E-state index >= 15 is 0 Å². The van der Waals surface area contributed by atoms with Crippen LogP contribution in [-0.4, -0.2) is 49.5 Å². The number of guanidine groups is 1. The highest BCUT2D eigenvalue weighted by atomic mass is 32.2. The van der Waals surface area contributed by atoms with Crippen LogP contribution in [0.1, 0.15) is 38.4 Å². The Bertz CT molecular complexity index is 616. The smallest absolute Gasteiger partial charge is 0.191 e. The Morgan fingerprint density at radius 3 is 2.57 bits per heavy atom. The second-order valence-electron chi connectivity index (χ2n) is 6.23. The standard InChI is InChI=1S/C15H28N4O2S2/c1-6-16-14(17-8-7-13-11-22-12(2)19-13)18-9-10-23(20,21)15(3,4)5/h11H,6-10H2,1-5H3,(H2,16,17,18). The van der Waals surface area contributed by atoms with E-state index in [4.69, 9.17) is 0 Å². The minimum Gasteiger partial charge on any atom is -0.357 e. The van der Waals surface area contributed by atoms with E-state index in [9.17, 15) is 8.42 Å². The molecular formula is C15H28N4O2S2. The van der Waals surface area contributed by atoms with Crippen molar-refractivity contribution >= 4 is 27.1 Å². The summed E-state index contributed by atoms with van der Waals surface area (Å²) in [6, 6.07) is 0. The van der Waals surface area contributed by atoms with E-state index in [1.807, 2.05) is 13.8 Å². The van der Waals surface area contributed by atoms with Crippen molar-refractivity contribution in [3.8, 4) is 0 Å². The molecule has 0 aliphatic carbocycles. The molecule has 0 aliphatic rings. The Balaban J connectivity index is 2.50. The molecule has 0 bridgehead atoms. The number of aryl methyl sites for hydroxylation is 1. The molecule has 0 unspecified atom stereocenters. The van der Waals surface area contributed by atoms with E-state index in [0.29, 0.717) is 12.5 Å². The summed E-state index contributed by atoms with van der Waals surface area (Å²) in [6.07, 6.45) is 0.815. The Hall–Kier alpha value is -1.15. The van der Waals surface area contributed by atoms with Crippen LogP contribution in [0.4, 0.5) is 0 Å². The molecule has 0 radical (unpaired) electrons. The zero-order chi connectivity index (χ0) is 17.5. The summed E-state index contributed by atoms with van der Waals surface area (Å²) in [4.78, 5) is 8.76. The highest BCUT2D eigenvalue weighted by Gasteiger charge is 2.28. The molecule has 1 heterocycles. The molecule has 0 saturated carbocycles. The Morgan fingerprint density at radius 1 is 1.35 bits per heavy atom. The minimum atomic E-state index is -3.14. The maximum Gasteiger partial charge on any atom is 0.191 e. The number of hydrogen-bond acceptors (Lipinski definition) is 5. The number of thiazole rings is 1. The van der Waals surface area contributed by atoms with Crippen LogP contribution < -0.4 is 10.6 Å². The fourth-order valence-electron chi connectivity index (χ4n) is 1.76. The quantitative estimate of drug-likeness (QED) is 0.572. The largest absolute Gasteiger partial charge is 0.357 e. The lowest BCUT2D eigenvalue weighted by atomic mass is 10.3. The molecule has 0 spiro atoms. The molecule has 0 saturated heterocycles. The summed E-state index contributed by atoms with van der Waals surface area (Å²) >= 11 is 1.64. The minimum absolute atomic E-state index is 0.0539. The summed E-state index contributed by atoms with van der Waals surface area (Å²) in [6.45, 7) is 10.8. The van der Waals surface area contributed by atoms with Crippen LogP contribution in [0.3, 0.4) is 0 Å². The number of rotatable bonds is 7. The maximum absolute atomic E-state index is 12.1. The topological polar surface area (TPSA) is 83.5 Å². The molecule has 0 amide bonds. The van der Waals surface area contributed by atoms with Crippen molar-refractivity contribution in [2.75, 3.05) is 25.4 Å². The van der Waals surface area contributed by atoms with Crippen molar-refractivity contribution in [1.29, 1.82) is 0 Å². The van der Waals surface area contributed by atoms with Crippen LogP contribution in [0.5, 0.6) is 0 Å². The number of aromatic nitrogens is 1. The van der Waals surface area contributed by atoms with Crippen LogP contribution in [0.25, 0.3) is 0 Å². The van der Waals surface area contributed by atoms with Crippen LogP contribution >= 0.6 is 11.3 Å². The fraction of sp³-hybridized carbons (Fsp3) is 0.733. The summed E-state index contributed by atoms with van der Waals surface area (Å²) in [5.41, 5.74) is 1.06. The van der Waals surface area contributed by atoms with E-state index in [1.54, 1.807) is 32.1 Å². The first-order valence-electron chi connectivity index (χ1n) is 7.81. The number of nitrogens with one attached hydrogen (secondary N) is 2. The number of hydrogen-bond donors (Lipinski definition) is 2. The molecule has 23 heavy (non-hydrogen) atoms. The zero-order valence-corrected chi connectivity index (χ0v) is 16.3. The molecular weight excluding hydrogens is 332 g/mol. The maximum atomic E-state index is 12.1. The highest BCUT2D eigenvalue weighted by molar-refractivity contribution is 7.92. The second kappa shape index (κ2) is 8.63. The van der Waals surface area contributed by atoms with Gasteiger partial charge in [0.15, 0.2) is 15.8 Å². The zero-order valence-electron chi connectivity index (χ0n) is 14.6. The second-order valence-corrected chi connectivity index (χ2v) is 10.2. The van der Waals surface area contributed by atoms with Gasteiger partial charge in [-0.15, -0.1) is 11.3 Å². The van der Waals surface area contributed by atoms with Crippen molar-refractivity contribution in [2.24, 2.45) is 4.99 Å². The molecule has 6 nitrogen and oxygen atoms in total. The first kappa shape index (κ1) is 19.9. The monoisotopic (exact) mass is 360 g/mol. The van der Waals surface area contributed by atoms with Gasteiger partial charge in [-0.1, -0.05) is 0 Å². The number of nitrogens with zero attached hydrogens (tertiary/aromatic N) is 2. The van der Waals surface area contributed by atoms with Crippen LogP contribution in [-0.2, 0) is 16.3 Å². The molecule has 0 fully saturated rings. The van der Waals surface area contributed by atoms with Crippen LogP contribution in [0.15, 0.2) is 10.4 Å². The van der Waals surface area contributed by atoms with E-state index < -0.39 is 14.6 Å². The Labute approximate surface area is 143 Å². The lowest BCUT2D eigenvalue weighted by Crippen LogP contribution is -2.39. The summed E-state index contributed by atoms with van der Waals surface area (Å²) < 4.78 is 23.4. The van der Waals surface area contributed by atoms with Gasteiger partial charge in [0.2, 0.25) is 0 Å². The Kier molecular flexibility index (Phi) is 7.47. The molecule has 132 valence electrons. The molecule has 1 rings (SSSR count). The van der Waals surface area contributed by atoms with E-state index in [1.165, 1.54) is 0 Å². The van der Waals surface area contributed by atoms with Crippen molar-refractivity contribution in [3.63, 3.8) is 0 Å². The number of aliphatic imine (C=N–C) groups is 1. The number of sulfone groups is 1. The van der Waals surface area contributed by atoms with E-state index in [-0.39, 0.29) is 12.3 Å².